The lowest BCUT2D eigenvalue weighted by Gasteiger charge is -2.46. The van der Waals surface area contributed by atoms with Crippen molar-refractivity contribution in [1.82, 2.24) is 20.1 Å². The smallest absolute Gasteiger partial charge is 0.321 e. The Kier molecular flexibility index (Phi) is 6.12. The van der Waals surface area contributed by atoms with E-state index in [0.29, 0.717) is 30.9 Å². The minimum Gasteiger partial charge on any atom is -0.394 e. The molecule has 8 nitrogen and oxygen atoms in total. The van der Waals surface area contributed by atoms with Gasteiger partial charge in [-0.05, 0) is 18.8 Å². The number of rotatable bonds is 5. The average Bonchev–Trinajstić information content (AvgIpc) is 3.11. The summed E-state index contributed by atoms with van der Waals surface area (Å²) in [6.45, 7) is -0.238. The highest BCUT2D eigenvalue weighted by molar-refractivity contribution is 7.10. The van der Waals surface area contributed by atoms with E-state index in [1.54, 1.807) is 10.3 Å². The molecule has 1 aromatic heterocycles. The molecule has 1 aromatic rings. The van der Waals surface area contributed by atoms with Crippen LogP contribution in [0.3, 0.4) is 0 Å². The van der Waals surface area contributed by atoms with Crippen LogP contribution >= 0.6 is 11.3 Å². The lowest BCUT2D eigenvalue weighted by molar-refractivity contribution is -0.155. The predicted molar refractivity (Wildman–Crippen MR) is 99.2 cm³/mol. The van der Waals surface area contributed by atoms with E-state index in [1.807, 2.05) is 0 Å². The number of aromatic nitrogens is 1. The van der Waals surface area contributed by atoms with E-state index < -0.39 is 30.5 Å². The molecule has 2 aliphatic heterocycles. The van der Waals surface area contributed by atoms with Crippen molar-refractivity contribution in [2.45, 2.75) is 30.8 Å². The zero-order chi connectivity index (χ0) is 20.3. The second-order valence-electron chi connectivity index (χ2n) is 6.83. The van der Waals surface area contributed by atoms with Crippen LogP contribution in [0, 0.1) is 12.3 Å². The van der Waals surface area contributed by atoms with Gasteiger partial charge in [-0.15, -0.1) is 17.8 Å². The number of amides is 3. The van der Waals surface area contributed by atoms with Crippen molar-refractivity contribution in [2.75, 3.05) is 38.1 Å². The number of aliphatic hydroxyl groups is 1. The molecule has 0 radical (unpaired) electrons. The van der Waals surface area contributed by atoms with Crippen LogP contribution in [-0.2, 0) is 4.79 Å². The molecule has 0 unspecified atom stereocenters. The Hall–Kier alpha value is -2.29. The van der Waals surface area contributed by atoms with Gasteiger partial charge < -0.3 is 15.3 Å². The van der Waals surface area contributed by atoms with Gasteiger partial charge in [-0.2, -0.15) is 0 Å². The number of alkyl halides is 2. The van der Waals surface area contributed by atoms with Crippen molar-refractivity contribution in [3.8, 4) is 12.3 Å². The molecule has 2 fully saturated rings. The van der Waals surface area contributed by atoms with Gasteiger partial charge in [0.15, 0.2) is 5.01 Å². The maximum absolute atomic E-state index is 13.0. The van der Waals surface area contributed by atoms with Gasteiger partial charge in [0.1, 0.15) is 11.9 Å². The molecular weight excluding hydrogens is 392 g/mol. The molecule has 28 heavy (non-hydrogen) atoms. The van der Waals surface area contributed by atoms with E-state index in [-0.39, 0.29) is 24.9 Å². The molecule has 3 amide bonds. The van der Waals surface area contributed by atoms with Crippen LogP contribution in [0.5, 0.6) is 0 Å². The van der Waals surface area contributed by atoms with E-state index in [2.05, 4.69) is 21.5 Å². The van der Waals surface area contributed by atoms with Gasteiger partial charge in [0, 0.05) is 24.5 Å². The number of piperidine rings is 1. The number of carbonyl (C=O) groups excluding carboxylic acids is 2. The molecule has 1 atom stereocenters. The van der Waals surface area contributed by atoms with Gasteiger partial charge in [0.05, 0.1) is 19.7 Å². The van der Waals surface area contributed by atoms with Crippen molar-refractivity contribution >= 4 is 29.1 Å². The summed E-state index contributed by atoms with van der Waals surface area (Å²) in [5, 5.41) is 16.4. The Balaban J connectivity index is 1.47. The first-order chi connectivity index (χ1) is 13.3. The summed E-state index contributed by atoms with van der Waals surface area (Å²) in [5.74, 6) is -0.412. The first-order valence-corrected chi connectivity index (χ1v) is 9.70. The normalized spacial score (nSPS) is 20.7. The van der Waals surface area contributed by atoms with Crippen LogP contribution in [0.4, 0.5) is 19.4 Å². The Morgan fingerprint density at radius 2 is 2.11 bits per heavy atom. The standard InChI is InChI=1S/C17H21F2N5O3S/c1-2-14-21-13(8-28-14)22-16(27)20-12(7-25)15(26)23-5-3-11(4-6-23)24-9-17(18,19)10-24/h1,8,11-12,25H,3-7,9-10H2,(H2,20,22,27)/t12-/m0/s1. The van der Waals surface area contributed by atoms with E-state index in [1.165, 1.54) is 16.2 Å². The number of urea groups is 1. The molecule has 3 N–H and O–H groups in total. The Morgan fingerprint density at radius 1 is 1.43 bits per heavy atom. The van der Waals surface area contributed by atoms with Gasteiger partial charge in [-0.3, -0.25) is 15.0 Å². The van der Waals surface area contributed by atoms with Gasteiger partial charge in [-0.25, -0.2) is 18.6 Å². The quantitative estimate of drug-likeness (QED) is 0.613. The summed E-state index contributed by atoms with van der Waals surface area (Å²) in [6.07, 6.45) is 6.39. The summed E-state index contributed by atoms with van der Waals surface area (Å²) in [6, 6.07) is -1.75. The van der Waals surface area contributed by atoms with Gasteiger partial charge in [0.2, 0.25) is 5.91 Å². The maximum atomic E-state index is 13.0. The fraction of sp³-hybridized carbons (Fsp3) is 0.588. The third kappa shape index (κ3) is 4.76. The minimum atomic E-state index is -2.61. The van der Waals surface area contributed by atoms with Gasteiger partial charge >= 0.3 is 6.03 Å². The van der Waals surface area contributed by atoms with Crippen LogP contribution in [0.1, 0.15) is 17.8 Å². The highest BCUT2D eigenvalue weighted by Crippen LogP contribution is 2.31. The SMILES string of the molecule is C#Cc1nc(NC(=O)N[C@@H](CO)C(=O)N2CCC(N3CC(F)(F)C3)CC2)cs1. The molecule has 0 saturated carbocycles. The molecule has 0 spiro atoms. The van der Waals surface area contributed by atoms with E-state index in [4.69, 9.17) is 6.42 Å². The van der Waals surface area contributed by atoms with Crippen molar-refractivity contribution in [3.05, 3.63) is 10.4 Å². The van der Waals surface area contributed by atoms with Crippen LogP contribution in [0.25, 0.3) is 0 Å². The molecule has 2 aliphatic rings. The highest BCUT2D eigenvalue weighted by Gasteiger charge is 2.47. The molecule has 2 saturated heterocycles. The third-order valence-electron chi connectivity index (χ3n) is 4.82. The van der Waals surface area contributed by atoms with Crippen molar-refractivity contribution in [3.63, 3.8) is 0 Å². The fourth-order valence-electron chi connectivity index (χ4n) is 3.37. The number of hydrogen-bond acceptors (Lipinski definition) is 6. The van der Waals surface area contributed by atoms with E-state index in [0.717, 1.165) is 0 Å². The van der Waals surface area contributed by atoms with Gasteiger partial charge in [0.25, 0.3) is 5.92 Å². The maximum Gasteiger partial charge on any atom is 0.321 e. The summed E-state index contributed by atoms with van der Waals surface area (Å²) in [7, 11) is 0. The number of terminal acetylenes is 1. The second-order valence-corrected chi connectivity index (χ2v) is 7.69. The minimum absolute atomic E-state index is 0.0301. The lowest BCUT2D eigenvalue weighted by Crippen LogP contribution is -2.62. The average molecular weight is 413 g/mol. The number of halogens is 2. The van der Waals surface area contributed by atoms with Crippen molar-refractivity contribution < 1.29 is 23.5 Å². The molecular formula is C17H21F2N5O3S. The lowest BCUT2D eigenvalue weighted by atomic mass is 9.97. The third-order valence-corrected chi connectivity index (χ3v) is 5.59. The molecule has 3 rings (SSSR count). The van der Waals surface area contributed by atoms with Crippen LogP contribution < -0.4 is 10.6 Å². The molecule has 152 valence electrons. The monoisotopic (exact) mass is 413 g/mol. The molecule has 3 heterocycles. The Bertz CT molecular complexity index is 765. The fourth-order valence-corrected chi connectivity index (χ4v) is 3.93. The number of carbonyl (C=O) groups is 2. The molecule has 0 bridgehead atoms. The number of nitrogens with zero attached hydrogens (tertiary/aromatic N) is 3. The topological polar surface area (TPSA) is 97.8 Å². The zero-order valence-corrected chi connectivity index (χ0v) is 15.8. The van der Waals surface area contributed by atoms with Crippen molar-refractivity contribution in [1.29, 1.82) is 0 Å². The predicted octanol–water partition coefficient (Wildman–Crippen LogP) is 0.549. The Morgan fingerprint density at radius 3 is 2.64 bits per heavy atom. The van der Waals surface area contributed by atoms with Gasteiger partial charge in [-0.1, -0.05) is 0 Å². The largest absolute Gasteiger partial charge is 0.394 e. The molecule has 0 aromatic carbocycles. The molecule has 0 aliphatic carbocycles. The summed E-state index contributed by atoms with van der Waals surface area (Å²) in [5.41, 5.74) is 0. The van der Waals surface area contributed by atoms with Crippen LogP contribution in [-0.4, -0.2) is 82.6 Å². The summed E-state index contributed by atoms with van der Waals surface area (Å²) >= 11 is 1.19. The molecule has 11 heteroatoms. The number of hydrogen-bond donors (Lipinski definition) is 3. The van der Waals surface area contributed by atoms with E-state index >= 15 is 0 Å². The van der Waals surface area contributed by atoms with Crippen LogP contribution in [0.15, 0.2) is 5.38 Å². The number of anilines is 1. The second kappa shape index (κ2) is 8.38. The van der Waals surface area contributed by atoms with Crippen LogP contribution in [0.2, 0.25) is 0 Å². The number of likely N-dealkylation sites (tertiary alicyclic amines) is 2. The Labute approximate surface area is 164 Å². The number of aliphatic hydroxyl groups excluding tert-OH is 1. The van der Waals surface area contributed by atoms with E-state index in [9.17, 15) is 23.5 Å². The zero-order valence-electron chi connectivity index (χ0n) is 15.0. The first kappa shape index (κ1) is 20.4. The highest BCUT2D eigenvalue weighted by atomic mass is 32.1. The van der Waals surface area contributed by atoms with Crippen molar-refractivity contribution in [2.24, 2.45) is 0 Å². The first-order valence-electron chi connectivity index (χ1n) is 8.82. The number of nitrogens with one attached hydrogen (secondary N) is 2. The number of thiazole rings is 1. The summed E-state index contributed by atoms with van der Waals surface area (Å²) < 4.78 is 26.0. The summed E-state index contributed by atoms with van der Waals surface area (Å²) in [4.78, 5) is 31.9.